The third-order valence-electron chi connectivity index (χ3n) is 13.4. The van der Waals surface area contributed by atoms with Crippen LogP contribution in [0.4, 0.5) is 0 Å². The highest BCUT2D eigenvalue weighted by Gasteiger charge is 2.27. The highest BCUT2D eigenvalue weighted by molar-refractivity contribution is 7.47. The summed E-state index contributed by atoms with van der Waals surface area (Å²) < 4.78 is 23.6. The van der Waals surface area contributed by atoms with Crippen molar-refractivity contribution < 1.29 is 32.9 Å². The molecule has 0 fully saturated rings. The Labute approximate surface area is 417 Å². The molecule has 9 heteroatoms. The minimum absolute atomic E-state index is 0.0585. The zero-order valence-corrected chi connectivity index (χ0v) is 46.3. The van der Waals surface area contributed by atoms with Crippen LogP contribution in [-0.4, -0.2) is 73.4 Å². The minimum atomic E-state index is -4.35. The molecule has 398 valence electrons. The summed E-state index contributed by atoms with van der Waals surface area (Å²) in [6.45, 7) is 4.82. The normalized spacial score (nSPS) is 14.1. The third-order valence-corrected chi connectivity index (χ3v) is 14.4. The van der Waals surface area contributed by atoms with Crippen molar-refractivity contribution in [2.24, 2.45) is 0 Å². The fourth-order valence-electron chi connectivity index (χ4n) is 8.83. The quantitative estimate of drug-likeness (QED) is 0.0243. The molecule has 0 aliphatic carbocycles. The fraction of sp³-hybridized carbons (Fsp3) is 0.914. The number of unbranched alkanes of at least 4 members (excludes halogenated alkanes) is 39. The van der Waals surface area contributed by atoms with E-state index in [2.05, 4.69) is 31.3 Å². The number of carbonyl (C=O) groups is 1. The van der Waals surface area contributed by atoms with Crippen molar-refractivity contribution in [3.63, 3.8) is 0 Å². The lowest BCUT2D eigenvalue weighted by molar-refractivity contribution is -0.870. The fourth-order valence-corrected chi connectivity index (χ4v) is 9.56. The Kier molecular flexibility index (Phi) is 49.2. The third kappa shape index (κ3) is 52.6. The molecular weight excluding hydrogens is 852 g/mol. The van der Waals surface area contributed by atoms with E-state index >= 15 is 0 Å². The molecule has 0 aromatic carbocycles. The molecule has 0 bridgehead atoms. The van der Waals surface area contributed by atoms with Crippen molar-refractivity contribution in [1.29, 1.82) is 0 Å². The van der Waals surface area contributed by atoms with Crippen LogP contribution in [0.25, 0.3) is 0 Å². The number of aliphatic hydroxyl groups is 1. The van der Waals surface area contributed by atoms with Crippen LogP contribution in [0.5, 0.6) is 0 Å². The molecule has 3 N–H and O–H groups in total. The smallest absolute Gasteiger partial charge is 0.387 e. The molecule has 3 atom stereocenters. The average Bonchev–Trinajstić information content (AvgIpc) is 3.29. The molecular formula is C58H116N2O6P+. The maximum Gasteiger partial charge on any atom is 0.472 e. The van der Waals surface area contributed by atoms with Gasteiger partial charge in [-0.2, -0.15) is 0 Å². The molecule has 0 aromatic rings. The van der Waals surface area contributed by atoms with E-state index < -0.39 is 20.0 Å². The summed E-state index contributed by atoms with van der Waals surface area (Å²) in [6.07, 6.45) is 63.1. The van der Waals surface area contributed by atoms with Gasteiger partial charge in [-0.05, 0) is 32.1 Å². The lowest BCUT2D eigenvalue weighted by Gasteiger charge is -2.25. The van der Waals surface area contributed by atoms with Gasteiger partial charge in [-0.15, -0.1) is 0 Å². The van der Waals surface area contributed by atoms with Crippen molar-refractivity contribution in [2.75, 3.05) is 40.9 Å². The second-order valence-corrected chi connectivity index (χ2v) is 22.8. The molecule has 0 heterocycles. The van der Waals surface area contributed by atoms with Gasteiger partial charge in [0.2, 0.25) is 5.91 Å². The Bertz CT molecular complexity index is 1140. The molecule has 0 radical (unpaired) electrons. The van der Waals surface area contributed by atoms with Crippen LogP contribution in [0.15, 0.2) is 24.3 Å². The van der Waals surface area contributed by atoms with Crippen molar-refractivity contribution in [2.45, 2.75) is 302 Å². The average molecular weight is 969 g/mol. The number of quaternary nitrogens is 1. The first kappa shape index (κ1) is 66.0. The number of nitrogens with one attached hydrogen (secondary N) is 1. The van der Waals surface area contributed by atoms with Crippen LogP contribution in [0, 0.1) is 0 Å². The summed E-state index contributed by atoms with van der Waals surface area (Å²) in [5, 5.41) is 13.9. The number of amides is 1. The monoisotopic (exact) mass is 968 g/mol. The van der Waals surface area contributed by atoms with E-state index in [0.29, 0.717) is 17.4 Å². The van der Waals surface area contributed by atoms with Crippen LogP contribution >= 0.6 is 7.82 Å². The van der Waals surface area contributed by atoms with E-state index in [0.717, 1.165) is 38.5 Å². The molecule has 1 amide bonds. The van der Waals surface area contributed by atoms with Crippen molar-refractivity contribution in [3.05, 3.63) is 24.3 Å². The predicted octanol–water partition coefficient (Wildman–Crippen LogP) is 17.6. The Hall–Kier alpha value is -1.02. The van der Waals surface area contributed by atoms with Gasteiger partial charge >= 0.3 is 7.82 Å². The Morgan fingerprint density at radius 2 is 0.821 bits per heavy atom. The summed E-state index contributed by atoms with van der Waals surface area (Å²) in [5.41, 5.74) is 0. The lowest BCUT2D eigenvalue weighted by atomic mass is 10.0. The standard InChI is InChI=1S/C58H115N2O6P/c1-6-8-10-12-14-16-18-20-21-22-23-24-25-26-27-28-29-30-31-32-33-34-35-36-37-38-40-42-44-46-48-50-52-58(62)59-56(55-66-67(63,64)65-54-53-60(3,4)5)57(61)51-49-47-45-43-41-39-19-17-15-13-11-9-7-2/h41,43,49,51,56-57,61H,6-40,42,44-48,50,52-55H2,1-5H3,(H-,59,62,63,64)/p+1/b43-41+,51-49+. The second-order valence-electron chi connectivity index (χ2n) is 21.4. The molecule has 8 nitrogen and oxygen atoms in total. The SMILES string of the molecule is CCCCCCCCC/C=C/CC/C=C/C(O)C(COP(=O)(O)OCC[N+](C)(C)C)NC(=O)CCCCCCCCCCCCCCCCCCCCCCCCCCCCCCCCCC. The van der Waals surface area contributed by atoms with Crippen LogP contribution < -0.4 is 5.32 Å². The summed E-state index contributed by atoms with van der Waals surface area (Å²) in [7, 11) is 1.57. The second kappa shape index (κ2) is 49.9. The maximum atomic E-state index is 12.9. The van der Waals surface area contributed by atoms with Crippen LogP contribution in [0.1, 0.15) is 290 Å². The van der Waals surface area contributed by atoms with Crippen LogP contribution in [0.2, 0.25) is 0 Å². The number of allylic oxidation sites excluding steroid dienone is 3. The summed E-state index contributed by atoms with van der Waals surface area (Å²) >= 11 is 0. The van der Waals surface area contributed by atoms with Crippen LogP contribution in [0.3, 0.4) is 0 Å². The van der Waals surface area contributed by atoms with Gasteiger partial charge in [0.05, 0.1) is 39.9 Å². The molecule has 0 saturated heterocycles. The van der Waals surface area contributed by atoms with E-state index in [9.17, 15) is 19.4 Å². The lowest BCUT2D eigenvalue weighted by Crippen LogP contribution is -2.45. The molecule has 0 rings (SSSR count). The summed E-state index contributed by atoms with van der Waals surface area (Å²) in [5.74, 6) is -0.182. The number of phosphoric ester groups is 1. The van der Waals surface area contributed by atoms with Gasteiger partial charge in [0.15, 0.2) is 0 Å². The number of aliphatic hydroxyl groups excluding tert-OH is 1. The first-order valence-electron chi connectivity index (χ1n) is 29.2. The minimum Gasteiger partial charge on any atom is -0.387 e. The number of hydrogen-bond acceptors (Lipinski definition) is 5. The molecule has 0 saturated carbocycles. The topological polar surface area (TPSA) is 105 Å². The number of rotatable bonds is 54. The van der Waals surface area contributed by atoms with Crippen LogP contribution in [-0.2, 0) is 18.4 Å². The Balaban J connectivity index is 3.99. The first-order valence-corrected chi connectivity index (χ1v) is 30.7. The van der Waals surface area contributed by atoms with Gasteiger partial charge in [-0.25, -0.2) is 4.57 Å². The van der Waals surface area contributed by atoms with E-state index in [1.807, 2.05) is 27.2 Å². The predicted molar refractivity (Wildman–Crippen MR) is 291 cm³/mol. The number of nitrogens with zero attached hydrogens (tertiary/aromatic N) is 1. The van der Waals surface area contributed by atoms with Gasteiger partial charge in [-0.1, -0.05) is 276 Å². The van der Waals surface area contributed by atoms with Crippen molar-refractivity contribution in [1.82, 2.24) is 5.32 Å². The molecule has 0 aromatic heterocycles. The van der Waals surface area contributed by atoms with E-state index in [1.165, 1.54) is 231 Å². The summed E-state index contributed by atoms with van der Waals surface area (Å²) in [4.78, 5) is 23.2. The molecule has 0 spiro atoms. The molecule has 0 aliphatic heterocycles. The van der Waals surface area contributed by atoms with E-state index in [-0.39, 0.29) is 19.1 Å². The zero-order valence-electron chi connectivity index (χ0n) is 45.4. The largest absolute Gasteiger partial charge is 0.472 e. The van der Waals surface area contributed by atoms with Gasteiger partial charge < -0.3 is 19.8 Å². The first-order chi connectivity index (χ1) is 32.5. The Morgan fingerprint density at radius 1 is 0.493 bits per heavy atom. The summed E-state index contributed by atoms with van der Waals surface area (Å²) in [6, 6.07) is -0.859. The molecule has 0 aliphatic rings. The maximum absolute atomic E-state index is 12.9. The van der Waals surface area contributed by atoms with Gasteiger partial charge in [0.1, 0.15) is 13.2 Å². The highest BCUT2D eigenvalue weighted by Crippen LogP contribution is 2.43. The number of carbonyl (C=O) groups excluding carboxylic acids is 1. The van der Waals surface area contributed by atoms with Crippen molar-refractivity contribution >= 4 is 13.7 Å². The van der Waals surface area contributed by atoms with Gasteiger partial charge in [0.25, 0.3) is 0 Å². The van der Waals surface area contributed by atoms with Gasteiger partial charge in [-0.3, -0.25) is 13.8 Å². The zero-order chi connectivity index (χ0) is 49.2. The number of hydrogen-bond donors (Lipinski definition) is 3. The van der Waals surface area contributed by atoms with E-state index in [1.54, 1.807) is 6.08 Å². The highest BCUT2D eigenvalue weighted by atomic mass is 31.2. The number of likely N-dealkylation sites (N-methyl/N-ethyl adjacent to an activating group) is 1. The molecule has 3 unspecified atom stereocenters. The van der Waals surface area contributed by atoms with Crippen molar-refractivity contribution in [3.8, 4) is 0 Å². The van der Waals surface area contributed by atoms with E-state index in [4.69, 9.17) is 9.05 Å². The van der Waals surface area contributed by atoms with Gasteiger partial charge in [0, 0.05) is 6.42 Å². The Morgan fingerprint density at radius 3 is 1.19 bits per heavy atom. The molecule has 67 heavy (non-hydrogen) atoms. The number of phosphoric acid groups is 1.